The summed E-state index contributed by atoms with van der Waals surface area (Å²) in [5, 5.41) is 12.6. The van der Waals surface area contributed by atoms with Crippen molar-refractivity contribution in [2.45, 2.75) is 90.0 Å². The highest BCUT2D eigenvalue weighted by molar-refractivity contribution is 5.97. The van der Waals surface area contributed by atoms with Crippen LogP contribution in [0.4, 0.5) is 0 Å². The lowest BCUT2D eigenvalue weighted by molar-refractivity contribution is -0.213. The molecule has 1 saturated heterocycles. The van der Waals surface area contributed by atoms with E-state index in [9.17, 15) is 29.1 Å². The summed E-state index contributed by atoms with van der Waals surface area (Å²) < 4.78 is 30.3. The van der Waals surface area contributed by atoms with Crippen LogP contribution in [0.5, 0.6) is 0 Å². The van der Waals surface area contributed by atoms with E-state index in [1.807, 2.05) is 13.8 Å². The van der Waals surface area contributed by atoms with Gasteiger partial charge in [0.1, 0.15) is 36.1 Å². The molecule has 4 aliphatic rings. The number of esters is 4. The smallest absolute Gasteiger partial charge is 0.338 e. The van der Waals surface area contributed by atoms with Crippen molar-refractivity contribution >= 4 is 29.7 Å². The molecule has 0 radical (unpaired) electrons. The summed E-state index contributed by atoms with van der Waals surface area (Å²) >= 11 is 0. The third-order valence-corrected chi connectivity index (χ3v) is 10.00. The molecule has 2 saturated carbocycles. The first-order chi connectivity index (χ1) is 20.5. The highest BCUT2D eigenvalue weighted by Gasteiger charge is 2.80. The number of hydrogen-bond donors (Lipinski definition) is 1. The number of Topliss-reactive ketones (excluding diaryl/α,β-unsaturated/α-hetero) is 1. The molecule has 0 unspecified atom stereocenters. The minimum Gasteiger partial charge on any atom is -0.465 e. The summed E-state index contributed by atoms with van der Waals surface area (Å²) in [5.74, 6) is -6.80. The van der Waals surface area contributed by atoms with Gasteiger partial charge < -0.3 is 28.8 Å². The summed E-state index contributed by atoms with van der Waals surface area (Å²) in [5.41, 5.74) is -6.29. The van der Waals surface area contributed by atoms with Crippen molar-refractivity contribution in [1.82, 2.24) is 0 Å². The predicted octanol–water partition coefficient (Wildman–Crippen LogP) is 2.96. The van der Waals surface area contributed by atoms with Gasteiger partial charge in [-0.3, -0.25) is 19.2 Å². The largest absolute Gasteiger partial charge is 0.465 e. The van der Waals surface area contributed by atoms with Gasteiger partial charge in [0.15, 0.2) is 5.78 Å². The van der Waals surface area contributed by atoms with Gasteiger partial charge in [0, 0.05) is 32.6 Å². The molecule has 0 bridgehead atoms. The Morgan fingerprint density at radius 3 is 2.16 bits per heavy atom. The number of ketones is 1. The highest BCUT2D eigenvalue weighted by atomic mass is 16.6. The maximum atomic E-state index is 14.9. The van der Waals surface area contributed by atoms with E-state index < -0.39 is 100 Å². The molecule has 0 aromatic heterocycles. The molecule has 11 nitrogen and oxygen atoms in total. The fourth-order valence-corrected chi connectivity index (χ4v) is 8.64. The van der Waals surface area contributed by atoms with Gasteiger partial charge in [-0.2, -0.15) is 0 Å². The molecule has 1 aromatic carbocycles. The molecule has 238 valence electrons. The Kier molecular flexibility index (Phi) is 7.82. The fourth-order valence-electron chi connectivity index (χ4n) is 8.64. The summed E-state index contributed by atoms with van der Waals surface area (Å²) in [7, 11) is 0. The maximum Gasteiger partial charge on any atom is 0.338 e. The third kappa shape index (κ3) is 4.75. The molecule has 11 heteroatoms. The summed E-state index contributed by atoms with van der Waals surface area (Å²) in [6.07, 6.45) is -0.446. The Morgan fingerprint density at radius 2 is 1.57 bits per heavy atom. The average Bonchev–Trinajstić information content (AvgIpc) is 3.30. The number of rotatable bonds is 6. The normalized spacial score (nSPS) is 39.8. The van der Waals surface area contributed by atoms with Crippen LogP contribution in [0.2, 0.25) is 0 Å². The quantitative estimate of drug-likeness (QED) is 0.287. The number of hydrogen-bond acceptors (Lipinski definition) is 11. The predicted molar refractivity (Wildman–Crippen MR) is 153 cm³/mol. The van der Waals surface area contributed by atoms with E-state index in [1.165, 1.54) is 20.8 Å². The van der Waals surface area contributed by atoms with E-state index in [1.54, 1.807) is 56.3 Å². The molecule has 1 aliphatic heterocycles. The number of benzene rings is 1. The zero-order valence-corrected chi connectivity index (χ0v) is 26.0. The van der Waals surface area contributed by atoms with Crippen molar-refractivity contribution in [3.63, 3.8) is 0 Å². The Labute approximate surface area is 256 Å². The van der Waals surface area contributed by atoms with Crippen molar-refractivity contribution in [3.8, 4) is 0 Å². The number of aliphatic hydroxyl groups is 1. The first kappa shape index (κ1) is 31.8. The molecule has 10 atom stereocenters. The van der Waals surface area contributed by atoms with Crippen LogP contribution in [0, 0.1) is 29.1 Å². The molecule has 0 amide bonds. The fraction of sp³-hybridized carbons (Fsp3) is 0.606. The monoisotopic (exact) mass is 612 g/mol. The summed E-state index contributed by atoms with van der Waals surface area (Å²) in [4.78, 5) is 66.2. The van der Waals surface area contributed by atoms with Crippen molar-refractivity contribution in [2.75, 3.05) is 6.61 Å². The minimum absolute atomic E-state index is 0.132. The van der Waals surface area contributed by atoms with Crippen molar-refractivity contribution in [1.29, 1.82) is 0 Å². The Morgan fingerprint density at radius 1 is 0.932 bits per heavy atom. The average molecular weight is 613 g/mol. The summed E-state index contributed by atoms with van der Waals surface area (Å²) in [6.45, 7) is 10.1. The molecule has 3 fully saturated rings. The first-order valence-corrected chi connectivity index (χ1v) is 14.9. The second-order valence-corrected chi connectivity index (χ2v) is 13.4. The van der Waals surface area contributed by atoms with E-state index >= 15 is 0 Å². The van der Waals surface area contributed by atoms with E-state index in [0.29, 0.717) is 0 Å². The molecule has 1 aromatic rings. The zero-order valence-electron chi connectivity index (χ0n) is 26.0. The van der Waals surface area contributed by atoms with Crippen LogP contribution in [-0.4, -0.2) is 76.5 Å². The van der Waals surface area contributed by atoms with Gasteiger partial charge in [-0.1, -0.05) is 31.2 Å². The van der Waals surface area contributed by atoms with Crippen LogP contribution in [0.15, 0.2) is 42.5 Å². The Bertz CT molecular complexity index is 1400. The Balaban J connectivity index is 1.80. The lowest BCUT2D eigenvalue weighted by atomic mass is 9.54. The molecular formula is C33H40O11. The highest BCUT2D eigenvalue weighted by Crippen LogP contribution is 2.67. The third-order valence-electron chi connectivity index (χ3n) is 10.00. The molecule has 5 rings (SSSR count). The lowest BCUT2D eigenvalue weighted by Gasteiger charge is -2.53. The topological polar surface area (TPSA) is 152 Å². The molecule has 0 spiro atoms. The van der Waals surface area contributed by atoms with Crippen LogP contribution in [-0.2, 0) is 42.9 Å². The van der Waals surface area contributed by atoms with Crippen molar-refractivity contribution in [2.24, 2.45) is 29.1 Å². The first-order valence-electron chi connectivity index (χ1n) is 14.9. The van der Waals surface area contributed by atoms with Crippen LogP contribution in [0.1, 0.15) is 65.2 Å². The maximum absolute atomic E-state index is 14.9. The van der Waals surface area contributed by atoms with Crippen molar-refractivity contribution < 1.29 is 52.8 Å². The number of carbonyl (C=O) groups is 5. The van der Waals surface area contributed by atoms with Gasteiger partial charge in [0.05, 0.1) is 22.5 Å². The second-order valence-electron chi connectivity index (χ2n) is 13.4. The SMILES string of the molecule is CC(=O)OC[C@]12[C@@H](OC(C)=O)C=C[C@H]3[C@@H]1[C@@](C)(OC3(C)C)C(=O)[C@]1(O)C[C@H](C)[C@H](OC(=O)c3ccccc3)[C@@H]1[C@@H]2OC(C)=O. The van der Waals surface area contributed by atoms with E-state index in [0.717, 1.165) is 0 Å². The van der Waals surface area contributed by atoms with Crippen LogP contribution >= 0.6 is 0 Å². The number of ether oxygens (including phenoxy) is 5. The molecular weight excluding hydrogens is 572 g/mol. The molecule has 44 heavy (non-hydrogen) atoms. The zero-order chi connectivity index (χ0) is 32.4. The van der Waals surface area contributed by atoms with Crippen LogP contribution in [0.3, 0.4) is 0 Å². The Hall–Kier alpha value is -3.57. The molecule has 1 heterocycles. The van der Waals surface area contributed by atoms with Gasteiger partial charge in [-0.05, 0) is 51.3 Å². The number of fused-ring (bicyclic) bond motifs is 1. The van der Waals surface area contributed by atoms with E-state index in [4.69, 9.17) is 23.7 Å². The molecule has 1 N–H and O–H groups in total. The second kappa shape index (κ2) is 10.8. The molecule has 3 aliphatic carbocycles. The summed E-state index contributed by atoms with van der Waals surface area (Å²) in [6, 6.07) is 8.25. The van der Waals surface area contributed by atoms with Crippen LogP contribution < -0.4 is 0 Å². The minimum atomic E-state index is -2.21. The van der Waals surface area contributed by atoms with Gasteiger partial charge in [-0.15, -0.1) is 0 Å². The van der Waals surface area contributed by atoms with Gasteiger partial charge in [0.2, 0.25) is 0 Å². The van der Waals surface area contributed by atoms with Gasteiger partial charge in [-0.25, -0.2) is 4.79 Å². The standard InChI is InChI=1S/C33H40O11/c1-17-15-33(39)24(25(17)43-28(37)21-11-9-8-10-12-21)27(42-20(4)36)32(16-40-18(2)34)23(41-19(3)35)14-13-22-26(32)31(7,29(33)38)44-30(22,5)6/h8-14,17,22-27,39H,15-16H2,1-7H3/t17-,22-,23-,24+,25-,26+,27-,31+,32-,33-/m0/s1. The van der Waals surface area contributed by atoms with Crippen molar-refractivity contribution in [3.05, 3.63) is 48.0 Å². The number of carbonyl (C=O) groups excluding carboxylic acids is 5. The van der Waals surface area contributed by atoms with Crippen LogP contribution in [0.25, 0.3) is 0 Å². The van der Waals surface area contributed by atoms with Gasteiger partial charge in [0.25, 0.3) is 0 Å². The van der Waals surface area contributed by atoms with E-state index in [-0.39, 0.29) is 12.0 Å². The lowest BCUT2D eigenvalue weighted by Crippen LogP contribution is -2.64. The van der Waals surface area contributed by atoms with E-state index in [2.05, 4.69) is 0 Å². The van der Waals surface area contributed by atoms with Gasteiger partial charge >= 0.3 is 23.9 Å².